The molecular weight excluding hydrogens is 518 g/mol. The molecule has 1 saturated heterocycles. The molecule has 1 aliphatic rings. The van der Waals surface area contributed by atoms with Gasteiger partial charge in [0.05, 0.1) is 5.41 Å². The predicted octanol–water partition coefficient (Wildman–Crippen LogP) is 2.28. The van der Waals surface area contributed by atoms with Crippen LogP contribution in [0.1, 0.15) is 31.9 Å². The summed E-state index contributed by atoms with van der Waals surface area (Å²) in [7, 11) is 0. The lowest BCUT2D eigenvalue weighted by atomic mass is 9.98. The van der Waals surface area contributed by atoms with Crippen LogP contribution in [0.4, 0.5) is 4.79 Å². The molecule has 0 aromatic heterocycles. The van der Waals surface area contributed by atoms with Crippen molar-refractivity contribution >= 4 is 29.8 Å². The van der Waals surface area contributed by atoms with Crippen LogP contribution in [-0.4, -0.2) is 78.7 Å². The molecular formula is C29H35N3O8. The third-order valence-corrected chi connectivity index (χ3v) is 6.11. The molecule has 11 nitrogen and oxygen atoms in total. The number of alkyl carbamates (subject to hydrolysis) is 1. The number of carbonyl (C=O) groups is 5. The first-order valence-corrected chi connectivity index (χ1v) is 12.9. The fourth-order valence-corrected chi connectivity index (χ4v) is 3.92. The van der Waals surface area contributed by atoms with E-state index in [-0.39, 0.29) is 39.2 Å². The number of rotatable bonds is 10. The van der Waals surface area contributed by atoms with Gasteiger partial charge in [-0.25, -0.2) is 4.79 Å². The maximum absolute atomic E-state index is 13.4. The third kappa shape index (κ3) is 9.11. The summed E-state index contributed by atoms with van der Waals surface area (Å²) in [6.07, 6.45) is -0.532. The number of nitrogens with one attached hydrogen (secondary N) is 1. The lowest BCUT2D eigenvalue weighted by Gasteiger charge is -2.40. The standard InChI is InChI=1S/C29H35N3O8/c1-29(2,3)27(36)40-20-39-25(34)18-31-14-15-32(23(26(31)35)16-21-10-6-4-7-11-21)24(33)17-30-28(37)38-19-22-12-8-5-9-13-22/h4-13,23H,14-20H2,1-3H3,(H,30,37). The second kappa shape index (κ2) is 14.1. The highest BCUT2D eigenvalue weighted by Gasteiger charge is 2.38. The van der Waals surface area contributed by atoms with Crippen molar-refractivity contribution in [3.63, 3.8) is 0 Å². The van der Waals surface area contributed by atoms with Crippen molar-refractivity contribution in [3.05, 3.63) is 71.8 Å². The lowest BCUT2D eigenvalue weighted by molar-refractivity contribution is -0.175. The third-order valence-electron chi connectivity index (χ3n) is 6.11. The largest absolute Gasteiger partial charge is 0.445 e. The Morgan fingerprint density at radius 3 is 2.12 bits per heavy atom. The number of benzene rings is 2. The van der Waals surface area contributed by atoms with E-state index in [1.165, 1.54) is 9.80 Å². The fourth-order valence-electron chi connectivity index (χ4n) is 3.92. The van der Waals surface area contributed by atoms with Gasteiger partial charge in [-0.2, -0.15) is 0 Å². The van der Waals surface area contributed by atoms with Crippen LogP contribution in [0, 0.1) is 5.41 Å². The normalized spacial score (nSPS) is 15.3. The Kier molecular flexibility index (Phi) is 10.6. The predicted molar refractivity (Wildman–Crippen MR) is 143 cm³/mol. The summed E-state index contributed by atoms with van der Waals surface area (Å²) < 4.78 is 15.1. The molecule has 0 spiro atoms. The van der Waals surface area contributed by atoms with E-state index < -0.39 is 48.1 Å². The summed E-state index contributed by atoms with van der Waals surface area (Å²) in [4.78, 5) is 65.6. The first kappa shape index (κ1) is 30.1. The van der Waals surface area contributed by atoms with Crippen LogP contribution in [0.25, 0.3) is 0 Å². The Bertz CT molecular complexity index is 1180. The number of ether oxygens (including phenoxy) is 3. The topological polar surface area (TPSA) is 132 Å². The molecule has 1 aliphatic heterocycles. The van der Waals surface area contributed by atoms with E-state index in [0.29, 0.717) is 0 Å². The van der Waals surface area contributed by atoms with Crippen molar-refractivity contribution in [1.29, 1.82) is 0 Å². The molecule has 2 aromatic rings. The molecule has 1 fully saturated rings. The van der Waals surface area contributed by atoms with Crippen molar-refractivity contribution in [2.24, 2.45) is 5.41 Å². The van der Waals surface area contributed by atoms with Crippen molar-refractivity contribution in [2.45, 2.75) is 39.8 Å². The minimum atomic E-state index is -0.891. The summed E-state index contributed by atoms with van der Waals surface area (Å²) in [6.45, 7) is 4.05. The van der Waals surface area contributed by atoms with E-state index in [9.17, 15) is 24.0 Å². The maximum Gasteiger partial charge on any atom is 0.407 e. The molecule has 2 aromatic carbocycles. The van der Waals surface area contributed by atoms with Gasteiger partial charge in [0.25, 0.3) is 0 Å². The highest BCUT2D eigenvalue weighted by molar-refractivity contribution is 5.92. The van der Waals surface area contributed by atoms with E-state index in [1.807, 2.05) is 60.7 Å². The zero-order valence-corrected chi connectivity index (χ0v) is 23.0. The van der Waals surface area contributed by atoms with Crippen LogP contribution in [0.2, 0.25) is 0 Å². The van der Waals surface area contributed by atoms with Crippen LogP contribution < -0.4 is 5.32 Å². The number of hydrogen-bond donors (Lipinski definition) is 1. The van der Waals surface area contributed by atoms with Crippen molar-refractivity contribution in [2.75, 3.05) is 33.0 Å². The summed E-state index contributed by atoms with van der Waals surface area (Å²) in [5, 5.41) is 2.44. The van der Waals surface area contributed by atoms with Crippen LogP contribution in [0.5, 0.6) is 0 Å². The SMILES string of the molecule is CC(C)(C)C(=O)OCOC(=O)CN1CCN(C(=O)CNC(=O)OCc2ccccc2)C(Cc2ccccc2)C1=O. The second-order valence-corrected chi connectivity index (χ2v) is 10.3. The maximum atomic E-state index is 13.4. The van der Waals surface area contributed by atoms with Crippen molar-refractivity contribution in [3.8, 4) is 0 Å². The summed E-state index contributed by atoms with van der Waals surface area (Å²) in [5.74, 6) is -2.15. The fraction of sp³-hybridized carbons (Fsp3) is 0.414. The number of piperazine rings is 1. The molecule has 3 amide bonds. The quantitative estimate of drug-likeness (QED) is 0.350. The average Bonchev–Trinajstić information content (AvgIpc) is 2.93. The van der Waals surface area contributed by atoms with Gasteiger partial charge in [-0.15, -0.1) is 0 Å². The molecule has 1 atom stereocenters. The van der Waals surface area contributed by atoms with Crippen molar-refractivity contribution in [1.82, 2.24) is 15.1 Å². The Balaban J connectivity index is 1.58. The number of carbonyl (C=O) groups excluding carboxylic acids is 5. The molecule has 0 aliphatic carbocycles. The van der Waals surface area contributed by atoms with Gasteiger partial charge in [-0.05, 0) is 31.9 Å². The van der Waals surface area contributed by atoms with E-state index >= 15 is 0 Å². The summed E-state index contributed by atoms with van der Waals surface area (Å²) >= 11 is 0. The Labute approximate surface area is 233 Å². The molecule has 1 unspecified atom stereocenters. The van der Waals surface area contributed by atoms with Gasteiger partial charge >= 0.3 is 18.0 Å². The first-order valence-electron chi connectivity index (χ1n) is 12.9. The van der Waals surface area contributed by atoms with Gasteiger partial charge in [-0.1, -0.05) is 60.7 Å². The number of esters is 2. The van der Waals surface area contributed by atoms with Crippen LogP contribution in [-0.2, 0) is 46.4 Å². The monoisotopic (exact) mass is 553 g/mol. The number of amides is 3. The average molecular weight is 554 g/mol. The molecule has 40 heavy (non-hydrogen) atoms. The minimum absolute atomic E-state index is 0.0557. The molecule has 0 saturated carbocycles. The van der Waals surface area contributed by atoms with Gasteiger partial charge < -0.3 is 29.3 Å². The van der Waals surface area contributed by atoms with Gasteiger partial charge in [0.1, 0.15) is 25.7 Å². The van der Waals surface area contributed by atoms with E-state index in [4.69, 9.17) is 14.2 Å². The molecule has 3 rings (SSSR count). The molecule has 1 N–H and O–H groups in total. The number of hydrogen-bond acceptors (Lipinski definition) is 8. The molecule has 0 radical (unpaired) electrons. The van der Waals surface area contributed by atoms with Crippen LogP contribution >= 0.6 is 0 Å². The summed E-state index contributed by atoms with van der Waals surface area (Å²) in [6, 6.07) is 17.4. The van der Waals surface area contributed by atoms with E-state index in [2.05, 4.69) is 5.32 Å². The molecule has 0 bridgehead atoms. The van der Waals surface area contributed by atoms with Gasteiger partial charge in [0, 0.05) is 19.5 Å². The molecule has 214 valence electrons. The van der Waals surface area contributed by atoms with Crippen LogP contribution in [0.3, 0.4) is 0 Å². The summed E-state index contributed by atoms with van der Waals surface area (Å²) in [5.41, 5.74) is 0.885. The Morgan fingerprint density at radius 2 is 1.50 bits per heavy atom. The van der Waals surface area contributed by atoms with E-state index in [0.717, 1.165) is 11.1 Å². The van der Waals surface area contributed by atoms with Gasteiger partial charge in [0.2, 0.25) is 18.6 Å². The Hall–Kier alpha value is -4.41. The number of nitrogens with zero attached hydrogens (tertiary/aromatic N) is 2. The van der Waals surface area contributed by atoms with E-state index in [1.54, 1.807) is 20.8 Å². The highest BCUT2D eigenvalue weighted by atomic mass is 16.7. The zero-order chi connectivity index (χ0) is 29.1. The molecule has 1 heterocycles. The lowest BCUT2D eigenvalue weighted by Crippen LogP contribution is -2.61. The highest BCUT2D eigenvalue weighted by Crippen LogP contribution is 2.18. The zero-order valence-electron chi connectivity index (χ0n) is 23.0. The van der Waals surface area contributed by atoms with Gasteiger partial charge in [0.15, 0.2) is 0 Å². The molecule has 11 heteroatoms. The minimum Gasteiger partial charge on any atom is -0.445 e. The first-order chi connectivity index (χ1) is 19.0. The van der Waals surface area contributed by atoms with Gasteiger partial charge in [-0.3, -0.25) is 19.2 Å². The Morgan fingerprint density at radius 1 is 0.875 bits per heavy atom. The second-order valence-electron chi connectivity index (χ2n) is 10.3. The van der Waals surface area contributed by atoms with Crippen molar-refractivity contribution < 1.29 is 38.2 Å². The van der Waals surface area contributed by atoms with Crippen LogP contribution in [0.15, 0.2) is 60.7 Å². The smallest absolute Gasteiger partial charge is 0.407 e.